The van der Waals surface area contributed by atoms with Gasteiger partial charge in [0.2, 0.25) is 5.95 Å². The number of piperazine rings is 1. The van der Waals surface area contributed by atoms with E-state index in [9.17, 15) is 10.2 Å². The van der Waals surface area contributed by atoms with E-state index >= 15 is 4.39 Å². The number of nitrogens with zero attached hydrogens (tertiary/aromatic N) is 4. The molecule has 37 heavy (non-hydrogen) atoms. The number of hydrogen-bond acceptors (Lipinski definition) is 7. The molecule has 3 saturated heterocycles. The minimum absolute atomic E-state index is 0.0978. The number of aromatic nitrogens is 2. The fourth-order valence-electron chi connectivity index (χ4n) is 6.38. The fourth-order valence-corrected chi connectivity index (χ4v) is 6.38. The molecule has 2 bridgehead atoms. The van der Waals surface area contributed by atoms with Crippen LogP contribution in [-0.4, -0.2) is 65.1 Å². The first-order valence-electron chi connectivity index (χ1n) is 13.2. The summed E-state index contributed by atoms with van der Waals surface area (Å²) in [7, 11) is 0. The van der Waals surface area contributed by atoms with Crippen molar-refractivity contribution in [2.45, 2.75) is 31.3 Å². The molecule has 8 heteroatoms. The normalized spacial score (nSPS) is 23.5. The molecular formula is C29H30FN5O2. The lowest BCUT2D eigenvalue weighted by atomic mass is 9.96. The van der Waals surface area contributed by atoms with Crippen LogP contribution in [0.1, 0.15) is 19.3 Å². The van der Waals surface area contributed by atoms with Gasteiger partial charge in [0, 0.05) is 61.7 Å². The zero-order valence-electron chi connectivity index (χ0n) is 20.6. The van der Waals surface area contributed by atoms with Gasteiger partial charge in [-0.2, -0.15) is 4.98 Å². The van der Waals surface area contributed by atoms with Crippen LogP contribution in [0.15, 0.2) is 48.5 Å². The average Bonchev–Trinajstić information content (AvgIpc) is 3.53. The van der Waals surface area contributed by atoms with Gasteiger partial charge in [0.15, 0.2) is 5.82 Å². The summed E-state index contributed by atoms with van der Waals surface area (Å²) in [6.07, 6.45) is 3.15. The Kier molecular flexibility index (Phi) is 5.41. The Labute approximate surface area is 214 Å². The van der Waals surface area contributed by atoms with Crippen molar-refractivity contribution in [3.8, 4) is 16.9 Å². The topological polar surface area (TPSA) is 84.8 Å². The molecule has 1 aromatic heterocycles. The highest BCUT2D eigenvalue weighted by atomic mass is 19.1. The number of halogens is 1. The quantitative estimate of drug-likeness (QED) is 0.391. The largest absolute Gasteiger partial charge is 0.508 e. The number of rotatable bonds is 4. The monoisotopic (exact) mass is 499 g/mol. The molecule has 7 nitrogen and oxygen atoms in total. The van der Waals surface area contributed by atoms with Gasteiger partial charge in [-0.15, -0.1) is 0 Å². The zero-order chi connectivity index (χ0) is 25.1. The number of hydrogen-bond donors (Lipinski definition) is 3. The number of phenols is 1. The third-order valence-corrected chi connectivity index (χ3v) is 8.25. The van der Waals surface area contributed by atoms with Crippen LogP contribution in [0, 0.1) is 11.7 Å². The maximum atomic E-state index is 16.5. The van der Waals surface area contributed by atoms with Gasteiger partial charge in [-0.05, 0) is 53.8 Å². The third kappa shape index (κ3) is 3.86. The van der Waals surface area contributed by atoms with Gasteiger partial charge in [-0.1, -0.05) is 30.3 Å². The summed E-state index contributed by atoms with van der Waals surface area (Å²) in [4.78, 5) is 14.1. The molecule has 3 atom stereocenters. The molecule has 3 N–H and O–H groups in total. The Morgan fingerprint density at radius 3 is 2.49 bits per heavy atom. The highest BCUT2D eigenvalue weighted by Crippen LogP contribution is 2.39. The van der Waals surface area contributed by atoms with Crippen molar-refractivity contribution < 1.29 is 14.6 Å². The second-order valence-corrected chi connectivity index (χ2v) is 10.7. The van der Waals surface area contributed by atoms with Crippen LogP contribution in [0.4, 0.5) is 16.2 Å². The van der Waals surface area contributed by atoms with E-state index in [-0.39, 0.29) is 18.3 Å². The fraction of sp³-hybridized carbons (Fsp3) is 0.379. The van der Waals surface area contributed by atoms with Crippen molar-refractivity contribution in [3.63, 3.8) is 0 Å². The first kappa shape index (κ1) is 22.7. The van der Waals surface area contributed by atoms with Crippen LogP contribution in [0.3, 0.4) is 0 Å². The molecule has 3 aromatic carbocycles. The molecule has 0 saturated carbocycles. The summed E-state index contributed by atoms with van der Waals surface area (Å²) >= 11 is 0. The Hall–Kier alpha value is -3.49. The van der Waals surface area contributed by atoms with Crippen molar-refractivity contribution in [2.24, 2.45) is 5.92 Å². The molecule has 0 aliphatic carbocycles. The van der Waals surface area contributed by atoms with Gasteiger partial charge in [0.05, 0.1) is 0 Å². The molecule has 1 unspecified atom stereocenters. The van der Waals surface area contributed by atoms with Gasteiger partial charge >= 0.3 is 0 Å². The molecule has 3 fully saturated rings. The highest BCUT2D eigenvalue weighted by molar-refractivity contribution is 6.01. The van der Waals surface area contributed by atoms with Crippen LogP contribution >= 0.6 is 0 Å². The SMILES string of the molecule is OCC1CCN(c2nc(N3C[C@H]4CC[C@@H](C3)N4)c3ccc(-c4cc(O)cc5ccccc45)c(F)c3n2)C1. The van der Waals surface area contributed by atoms with Crippen LogP contribution in [0.2, 0.25) is 0 Å². The summed E-state index contributed by atoms with van der Waals surface area (Å²) in [5, 5.41) is 26.2. The van der Waals surface area contributed by atoms with Gasteiger partial charge in [0.1, 0.15) is 17.1 Å². The van der Waals surface area contributed by atoms with Crippen molar-refractivity contribution in [1.82, 2.24) is 15.3 Å². The second kappa shape index (κ2) is 8.82. The first-order chi connectivity index (χ1) is 18.1. The number of benzene rings is 3. The molecular weight excluding hydrogens is 469 g/mol. The summed E-state index contributed by atoms with van der Waals surface area (Å²) < 4.78 is 16.5. The Morgan fingerprint density at radius 2 is 1.70 bits per heavy atom. The van der Waals surface area contributed by atoms with Crippen molar-refractivity contribution in [3.05, 3.63) is 54.3 Å². The van der Waals surface area contributed by atoms with Crippen molar-refractivity contribution >= 4 is 33.4 Å². The van der Waals surface area contributed by atoms with Gasteiger partial charge in [0.25, 0.3) is 0 Å². The number of aromatic hydroxyl groups is 1. The summed E-state index contributed by atoms with van der Waals surface area (Å²) in [6, 6.07) is 15.6. The van der Waals surface area contributed by atoms with E-state index in [0.29, 0.717) is 46.6 Å². The maximum Gasteiger partial charge on any atom is 0.228 e. The van der Waals surface area contributed by atoms with Gasteiger partial charge in [-0.25, -0.2) is 9.37 Å². The molecule has 3 aliphatic heterocycles. The van der Waals surface area contributed by atoms with E-state index in [0.717, 1.165) is 55.5 Å². The molecule has 4 heterocycles. The standard InChI is InChI=1S/C29H30FN5O2/c30-26-23(25-12-21(37)11-18-3-1-2-4-22(18)25)7-8-24-27(26)32-29(34-10-9-17(13-34)16-36)33-28(24)35-14-19-5-6-20(15-35)31-19/h1-4,7-8,11-12,17,19-20,31,36-37H,5-6,9-10,13-16H2/t17?,19-,20+. The molecule has 0 radical (unpaired) electrons. The van der Waals surface area contributed by atoms with Crippen LogP contribution in [0.25, 0.3) is 32.8 Å². The number of aliphatic hydroxyl groups is 1. The Morgan fingerprint density at radius 1 is 0.892 bits per heavy atom. The first-order valence-corrected chi connectivity index (χ1v) is 13.2. The molecule has 0 amide bonds. The van der Waals surface area contributed by atoms with E-state index in [1.807, 2.05) is 30.3 Å². The third-order valence-electron chi connectivity index (χ3n) is 8.25. The smallest absolute Gasteiger partial charge is 0.228 e. The minimum atomic E-state index is -0.408. The van der Waals surface area contributed by atoms with E-state index in [4.69, 9.17) is 9.97 Å². The van der Waals surface area contributed by atoms with E-state index in [1.165, 1.54) is 0 Å². The lowest BCUT2D eigenvalue weighted by Crippen LogP contribution is -2.51. The number of anilines is 2. The lowest BCUT2D eigenvalue weighted by molar-refractivity contribution is 0.238. The van der Waals surface area contributed by atoms with Gasteiger partial charge in [-0.3, -0.25) is 0 Å². The van der Waals surface area contributed by atoms with E-state index in [1.54, 1.807) is 18.2 Å². The Bertz CT molecular complexity index is 1500. The lowest BCUT2D eigenvalue weighted by Gasteiger charge is -2.34. The summed E-state index contributed by atoms with van der Waals surface area (Å²) in [5.41, 5.74) is 1.34. The summed E-state index contributed by atoms with van der Waals surface area (Å²) in [6.45, 7) is 3.19. The minimum Gasteiger partial charge on any atom is -0.508 e. The van der Waals surface area contributed by atoms with E-state index < -0.39 is 5.82 Å². The molecule has 0 spiro atoms. The second-order valence-electron chi connectivity index (χ2n) is 10.7. The molecule has 4 aromatic rings. The van der Waals surface area contributed by atoms with Crippen LogP contribution in [0.5, 0.6) is 5.75 Å². The number of fused-ring (bicyclic) bond motifs is 4. The number of phenolic OH excluding ortho intramolecular Hbond substituents is 1. The number of nitrogens with one attached hydrogen (secondary N) is 1. The predicted molar refractivity (Wildman–Crippen MR) is 144 cm³/mol. The van der Waals surface area contributed by atoms with Crippen LogP contribution in [-0.2, 0) is 0 Å². The van der Waals surface area contributed by atoms with E-state index in [2.05, 4.69) is 15.1 Å². The zero-order valence-corrected chi connectivity index (χ0v) is 20.6. The Balaban J connectivity index is 1.42. The molecule has 190 valence electrons. The van der Waals surface area contributed by atoms with Crippen molar-refractivity contribution in [2.75, 3.05) is 42.6 Å². The van der Waals surface area contributed by atoms with Crippen LogP contribution < -0.4 is 15.1 Å². The summed E-state index contributed by atoms with van der Waals surface area (Å²) in [5.74, 6) is 1.15. The van der Waals surface area contributed by atoms with Gasteiger partial charge < -0.3 is 25.3 Å². The van der Waals surface area contributed by atoms with Crippen molar-refractivity contribution in [1.29, 1.82) is 0 Å². The predicted octanol–water partition coefficient (Wildman–Crippen LogP) is 4.05. The average molecular weight is 500 g/mol. The maximum absolute atomic E-state index is 16.5. The molecule has 3 aliphatic rings. The molecule has 7 rings (SSSR count). The highest BCUT2D eigenvalue weighted by Gasteiger charge is 2.34. The number of aliphatic hydroxyl groups excluding tert-OH is 1.